The molecule has 1 amide bonds. The Labute approximate surface area is 170 Å². The van der Waals surface area contributed by atoms with Crippen molar-refractivity contribution in [1.82, 2.24) is 15.1 Å². The van der Waals surface area contributed by atoms with Crippen molar-refractivity contribution < 1.29 is 9.53 Å². The van der Waals surface area contributed by atoms with Crippen molar-refractivity contribution in [1.29, 1.82) is 0 Å². The molecule has 0 saturated carbocycles. The SMILES string of the molecule is Cc1ccc(Cl)c(OCc2ccc(C(=O)NCc3c(C)nn(C)c3C)cc2)c1. The van der Waals surface area contributed by atoms with Gasteiger partial charge >= 0.3 is 0 Å². The van der Waals surface area contributed by atoms with Gasteiger partial charge in [0.15, 0.2) is 0 Å². The van der Waals surface area contributed by atoms with Crippen LogP contribution in [0, 0.1) is 20.8 Å². The number of carbonyl (C=O) groups is 1. The Kier molecular flexibility index (Phi) is 6.05. The summed E-state index contributed by atoms with van der Waals surface area (Å²) in [5.41, 5.74) is 5.70. The minimum Gasteiger partial charge on any atom is -0.487 e. The molecular formula is C22H24ClN3O2. The second-order valence-corrected chi connectivity index (χ2v) is 7.28. The smallest absolute Gasteiger partial charge is 0.251 e. The molecule has 0 unspecified atom stereocenters. The summed E-state index contributed by atoms with van der Waals surface area (Å²) in [5.74, 6) is 0.544. The molecule has 0 aliphatic rings. The molecule has 28 heavy (non-hydrogen) atoms. The van der Waals surface area contributed by atoms with Gasteiger partial charge in [-0.2, -0.15) is 5.10 Å². The summed E-state index contributed by atoms with van der Waals surface area (Å²) in [5, 5.41) is 7.92. The van der Waals surface area contributed by atoms with E-state index in [1.165, 1.54) is 0 Å². The van der Waals surface area contributed by atoms with Gasteiger partial charge in [0, 0.05) is 30.4 Å². The zero-order valence-corrected chi connectivity index (χ0v) is 17.3. The lowest BCUT2D eigenvalue weighted by atomic mass is 10.1. The molecule has 0 bridgehead atoms. The second kappa shape index (κ2) is 8.48. The minimum absolute atomic E-state index is 0.114. The molecule has 3 aromatic rings. The summed E-state index contributed by atoms with van der Waals surface area (Å²) in [6, 6.07) is 13.1. The largest absolute Gasteiger partial charge is 0.487 e. The number of amides is 1. The molecule has 1 N–H and O–H groups in total. The lowest BCUT2D eigenvalue weighted by Crippen LogP contribution is -2.23. The highest BCUT2D eigenvalue weighted by atomic mass is 35.5. The molecule has 0 aliphatic heterocycles. The maximum atomic E-state index is 12.4. The van der Waals surface area contributed by atoms with Gasteiger partial charge < -0.3 is 10.1 Å². The van der Waals surface area contributed by atoms with Gasteiger partial charge in [-0.15, -0.1) is 0 Å². The third kappa shape index (κ3) is 4.54. The molecule has 146 valence electrons. The predicted molar refractivity (Wildman–Crippen MR) is 111 cm³/mol. The van der Waals surface area contributed by atoms with Crippen LogP contribution in [0.25, 0.3) is 0 Å². The van der Waals surface area contributed by atoms with Crippen LogP contribution in [0.15, 0.2) is 42.5 Å². The molecule has 3 rings (SSSR count). The predicted octanol–water partition coefficient (Wildman–Crippen LogP) is 4.51. The van der Waals surface area contributed by atoms with E-state index in [-0.39, 0.29) is 5.91 Å². The lowest BCUT2D eigenvalue weighted by molar-refractivity contribution is 0.0951. The van der Waals surface area contributed by atoms with Crippen molar-refractivity contribution in [3.05, 3.63) is 81.1 Å². The van der Waals surface area contributed by atoms with Crippen LogP contribution in [-0.2, 0) is 20.2 Å². The van der Waals surface area contributed by atoms with Crippen molar-refractivity contribution in [3.8, 4) is 5.75 Å². The first-order chi connectivity index (χ1) is 13.3. The number of benzene rings is 2. The molecule has 0 atom stereocenters. The molecule has 0 aliphatic carbocycles. The third-order valence-corrected chi connectivity index (χ3v) is 5.09. The fourth-order valence-corrected chi connectivity index (χ4v) is 3.15. The molecule has 0 saturated heterocycles. The summed E-state index contributed by atoms with van der Waals surface area (Å²) >= 11 is 6.15. The van der Waals surface area contributed by atoms with Crippen LogP contribution >= 0.6 is 11.6 Å². The number of hydrogen-bond donors (Lipinski definition) is 1. The molecule has 0 fully saturated rings. The first-order valence-corrected chi connectivity index (χ1v) is 9.48. The van der Waals surface area contributed by atoms with E-state index in [9.17, 15) is 4.79 Å². The molecule has 6 heteroatoms. The average molecular weight is 398 g/mol. The molecule has 1 heterocycles. The van der Waals surface area contributed by atoms with Gasteiger partial charge in [-0.25, -0.2) is 0 Å². The van der Waals surface area contributed by atoms with Crippen molar-refractivity contribution in [3.63, 3.8) is 0 Å². The summed E-state index contributed by atoms with van der Waals surface area (Å²) in [6.45, 7) is 6.78. The molecular weight excluding hydrogens is 374 g/mol. The quantitative estimate of drug-likeness (QED) is 0.665. The Hall–Kier alpha value is -2.79. The highest BCUT2D eigenvalue weighted by Crippen LogP contribution is 2.26. The van der Waals surface area contributed by atoms with Crippen LogP contribution < -0.4 is 10.1 Å². The topological polar surface area (TPSA) is 56.1 Å². The number of aromatic nitrogens is 2. The maximum absolute atomic E-state index is 12.4. The van der Waals surface area contributed by atoms with E-state index in [1.54, 1.807) is 12.1 Å². The van der Waals surface area contributed by atoms with Gasteiger partial charge in [0.05, 0.1) is 10.7 Å². The van der Waals surface area contributed by atoms with Crippen LogP contribution in [0.2, 0.25) is 5.02 Å². The van der Waals surface area contributed by atoms with Crippen molar-refractivity contribution >= 4 is 17.5 Å². The molecule has 5 nitrogen and oxygen atoms in total. The van der Waals surface area contributed by atoms with Crippen LogP contribution in [0.1, 0.15) is 38.4 Å². The first-order valence-electron chi connectivity index (χ1n) is 9.10. The van der Waals surface area contributed by atoms with Crippen molar-refractivity contribution in [2.24, 2.45) is 7.05 Å². The Morgan fingerprint density at radius 3 is 2.50 bits per heavy atom. The number of aryl methyl sites for hydroxylation is 3. The highest BCUT2D eigenvalue weighted by molar-refractivity contribution is 6.32. The average Bonchev–Trinajstić information content (AvgIpc) is 2.92. The van der Waals surface area contributed by atoms with E-state index >= 15 is 0 Å². The zero-order chi connectivity index (χ0) is 20.3. The summed E-state index contributed by atoms with van der Waals surface area (Å²) < 4.78 is 7.62. The number of ether oxygens (including phenoxy) is 1. The molecule has 0 radical (unpaired) electrons. The van der Waals surface area contributed by atoms with Gasteiger partial charge in [-0.1, -0.05) is 29.8 Å². The molecule has 1 aromatic heterocycles. The lowest BCUT2D eigenvalue weighted by Gasteiger charge is -2.10. The standard InChI is InChI=1S/C22H24ClN3O2/c1-14-5-10-20(23)21(11-14)28-13-17-6-8-18(9-7-17)22(27)24-12-19-15(2)25-26(4)16(19)3/h5-11H,12-13H2,1-4H3,(H,24,27). The number of rotatable bonds is 6. The zero-order valence-electron chi connectivity index (χ0n) is 16.5. The first kappa shape index (κ1) is 20.0. The van der Waals surface area contributed by atoms with E-state index in [4.69, 9.17) is 16.3 Å². The summed E-state index contributed by atoms with van der Waals surface area (Å²) in [7, 11) is 1.90. The van der Waals surface area contributed by atoms with Crippen LogP contribution in [0.5, 0.6) is 5.75 Å². The maximum Gasteiger partial charge on any atom is 0.251 e. The van der Waals surface area contributed by atoms with Crippen LogP contribution in [0.3, 0.4) is 0 Å². The van der Waals surface area contributed by atoms with Gasteiger partial charge in [-0.3, -0.25) is 9.48 Å². The van der Waals surface area contributed by atoms with Crippen LogP contribution in [0.4, 0.5) is 0 Å². The fourth-order valence-electron chi connectivity index (χ4n) is 2.98. The number of halogens is 1. The molecule has 2 aromatic carbocycles. The minimum atomic E-state index is -0.114. The van der Waals surface area contributed by atoms with Crippen molar-refractivity contribution in [2.45, 2.75) is 33.9 Å². The number of nitrogens with one attached hydrogen (secondary N) is 1. The Morgan fingerprint density at radius 2 is 1.86 bits per heavy atom. The Morgan fingerprint density at radius 1 is 1.14 bits per heavy atom. The normalized spacial score (nSPS) is 10.8. The van der Waals surface area contributed by atoms with Crippen molar-refractivity contribution in [2.75, 3.05) is 0 Å². The van der Waals surface area contributed by atoms with Gasteiger partial charge in [0.1, 0.15) is 12.4 Å². The Bertz CT molecular complexity index is 994. The van der Waals surface area contributed by atoms with E-state index in [1.807, 2.05) is 62.8 Å². The van der Waals surface area contributed by atoms with Gasteiger partial charge in [0.25, 0.3) is 5.91 Å². The van der Waals surface area contributed by atoms with Gasteiger partial charge in [0.2, 0.25) is 0 Å². The number of carbonyl (C=O) groups excluding carboxylic acids is 1. The monoisotopic (exact) mass is 397 g/mol. The summed E-state index contributed by atoms with van der Waals surface area (Å²) in [4.78, 5) is 12.4. The van der Waals surface area contributed by atoms with E-state index in [0.29, 0.717) is 29.5 Å². The van der Waals surface area contributed by atoms with E-state index in [0.717, 1.165) is 28.1 Å². The summed E-state index contributed by atoms with van der Waals surface area (Å²) in [6.07, 6.45) is 0. The second-order valence-electron chi connectivity index (χ2n) is 6.88. The van der Waals surface area contributed by atoms with E-state index < -0.39 is 0 Å². The van der Waals surface area contributed by atoms with Crippen LogP contribution in [-0.4, -0.2) is 15.7 Å². The molecule has 0 spiro atoms. The Balaban J connectivity index is 1.59. The fraction of sp³-hybridized carbons (Fsp3) is 0.273. The highest BCUT2D eigenvalue weighted by Gasteiger charge is 2.12. The van der Waals surface area contributed by atoms with Gasteiger partial charge in [-0.05, 0) is 56.2 Å². The third-order valence-electron chi connectivity index (χ3n) is 4.78. The van der Waals surface area contributed by atoms with E-state index in [2.05, 4.69) is 10.4 Å². The number of hydrogen-bond acceptors (Lipinski definition) is 3. The number of nitrogens with zero attached hydrogens (tertiary/aromatic N) is 2.